The first-order chi connectivity index (χ1) is 11.6. The molecule has 1 aromatic heterocycles. The van der Waals surface area contributed by atoms with Gasteiger partial charge in [0.15, 0.2) is 11.7 Å². The summed E-state index contributed by atoms with van der Waals surface area (Å²) in [6.07, 6.45) is 3.66. The first-order valence-electron chi connectivity index (χ1n) is 7.29. The molecule has 2 N–H and O–H groups in total. The number of rotatable bonds is 7. The van der Waals surface area contributed by atoms with Crippen molar-refractivity contribution in [1.82, 2.24) is 20.4 Å². The molecule has 2 aromatic rings. The number of aromatic nitrogens is 2. The minimum Gasteiger partial charge on any atom is -0.489 e. The molecular weight excluding hydrogens is 373 g/mol. The Kier molecular flexibility index (Phi) is 7.49. The van der Waals surface area contributed by atoms with Crippen molar-refractivity contribution in [3.8, 4) is 5.75 Å². The molecule has 6 nitrogen and oxygen atoms in total. The fraction of sp³-hybridized carbons (Fsp3) is 0.333. The van der Waals surface area contributed by atoms with Crippen molar-refractivity contribution in [3.63, 3.8) is 0 Å². The van der Waals surface area contributed by atoms with Crippen molar-refractivity contribution in [3.05, 3.63) is 45.7 Å². The fourth-order valence-electron chi connectivity index (χ4n) is 1.93. The zero-order chi connectivity index (χ0) is 17.4. The van der Waals surface area contributed by atoms with Crippen LogP contribution < -0.4 is 15.4 Å². The van der Waals surface area contributed by atoms with Crippen molar-refractivity contribution in [2.45, 2.75) is 6.54 Å². The van der Waals surface area contributed by atoms with Gasteiger partial charge in [-0.1, -0.05) is 34.8 Å². The van der Waals surface area contributed by atoms with Crippen LogP contribution in [0.5, 0.6) is 5.75 Å². The Morgan fingerprint density at radius 1 is 1.21 bits per heavy atom. The minimum absolute atomic E-state index is 0.376. The average Bonchev–Trinajstić information content (AvgIpc) is 3.04. The zero-order valence-corrected chi connectivity index (χ0v) is 15.4. The molecule has 1 aromatic carbocycles. The van der Waals surface area contributed by atoms with E-state index in [1.807, 2.05) is 16.9 Å². The maximum atomic E-state index is 6.06. The van der Waals surface area contributed by atoms with E-state index in [4.69, 9.17) is 39.5 Å². The first-order valence-corrected chi connectivity index (χ1v) is 8.43. The molecule has 0 aliphatic rings. The number of nitrogens with one attached hydrogen (secondary N) is 2. The van der Waals surface area contributed by atoms with Crippen molar-refractivity contribution in [2.24, 2.45) is 4.99 Å². The van der Waals surface area contributed by atoms with Crippen LogP contribution in [0.25, 0.3) is 0 Å². The van der Waals surface area contributed by atoms with Crippen molar-refractivity contribution in [1.29, 1.82) is 0 Å². The summed E-state index contributed by atoms with van der Waals surface area (Å²) in [6, 6.07) is 5.07. The van der Waals surface area contributed by atoms with Gasteiger partial charge in [-0.3, -0.25) is 9.67 Å². The summed E-state index contributed by atoms with van der Waals surface area (Å²) in [6.45, 7) is 2.37. The standard InChI is InChI=1S/C15H18Cl3N5O/c1-19-15(20-4-7-23-6-2-3-22-23)21-5-8-24-14-12(17)9-11(16)10-13(14)18/h2-3,6,9-10H,4-5,7-8H2,1H3,(H2,19,20,21). The molecule has 0 spiro atoms. The Bertz CT molecular complexity index is 653. The highest BCUT2D eigenvalue weighted by Gasteiger charge is 2.09. The summed E-state index contributed by atoms with van der Waals surface area (Å²) in [4.78, 5) is 4.14. The predicted octanol–water partition coefficient (Wildman–Crippen LogP) is 3.09. The summed E-state index contributed by atoms with van der Waals surface area (Å²) in [5, 5.41) is 11.7. The van der Waals surface area contributed by atoms with Crippen LogP contribution in [0, 0.1) is 0 Å². The van der Waals surface area contributed by atoms with Crippen LogP contribution in [0.15, 0.2) is 35.6 Å². The topological polar surface area (TPSA) is 63.5 Å². The van der Waals surface area contributed by atoms with Gasteiger partial charge in [-0.25, -0.2) is 0 Å². The molecule has 0 bridgehead atoms. The number of aliphatic imine (C=N–C) groups is 1. The summed E-state index contributed by atoms with van der Waals surface area (Å²) < 4.78 is 7.44. The van der Waals surface area contributed by atoms with Crippen LogP contribution in [-0.4, -0.2) is 42.5 Å². The Morgan fingerprint density at radius 2 is 1.92 bits per heavy atom. The Morgan fingerprint density at radius 3 is 2.54 bits per heavy atom. The van der Waals surface area contributed by atoms with Crippen LogP contribution in [0.4, 0.5) is 0 Å². The van der Waals surface area contributed by atoms with E-state index in [0.29, 0.717) is 46.5 Å². The van der Waals surface area contributed by atoms with Gasteiger partial charge in [-0.05, 0) is 18.2 Å². The molecule has 0 aliphatic heterocycles. The highest BCUT2D eigenvalue weighted by molar-refractivity contribution is 6.40. The van der Waals surface area contributed by atoms with E-state index < -0.39 is 0 Å². The van der Waals surface area contributed by atoms with Gasteiger partial charge in [0.25, 0.3) is 0 Å². The van der Waals surface area contributed by atoms with Crippen LogP contribution in [0.2, 0.25) is 15.1 Å². The molecule has 1 heterocycles. The molecule has 0 atom stereocenters. The molecule has 0 radical (unpaired) electrons. The van der Waals surface area contributed by atoms with Crippen molar-refractivity contribution < 1.29 is 4.74 Å². The summed E-state index contributed by atoms with van der Waals surface area (Å²) in [5.41, 5.74) is 0. The smallest absolute Gasteiger partial charge is 0.191 e. The molecule has 130 valence electrons. The van der Waals surface area contributed by atoms with E-state index >= 15 is 0 Å². The lowest BCUT2D eigenvalue weighted by atomic mass is 10.3. The van der Waals surface area contributed by atoms with Gasteiger partial charge in [0.2, 0.25) is 0 Å². The molecule has 0 unspecified atom stereocenters. The van der Waals surface area contributed by atoms with Gasteiger partial charge >= 0.3 is 0 Å². The second-order valence-corrected chi connectivity index (χ2v) is 5.99. The Labute approximate surface area is 155 Å². The second-order valence-electron chi connectivity index (χ2n) is 4.74. The molecule has 0 saturated heterocycles. The van der Waals surface area contributed by atoms with Gasteiger partial charge in [0, 0.05) is 31.0 Å². The third-order valence-corrected chi connectivity index (χ3v) is 3.80. The van der Waals surface area contributed by atoms with Gasteiger partial charge in [-0.2, -0.15) is 5.10 Å². The van der Waals surface area contributed by atoms with Crippen LogP contribution >= 0.6 is 34.8 Å². The first kappa shape index (κ1) is 18.7. The van der Waals surface area contributed by atoms with Gasteiger partial charge in [0.05, 0.1) is 23.1 Å². The molecule has 9 heteroatoms. The normalized spacial score (nSPS) is 11.4. The molecule has 0 saturated carbocycles. The molecule has 2 rings (SSSR count). The fourth-order valence-corrected chi connectivity index (χ4v) is 2.86. The number of nitrogens with zero attached hydrogens (tertiary/aromatic N) is 3. The average molecular weight is 391 g/mol. The molecule has 0 fully saturated rings. The second kappa shape index (κ2) is 9.61. The van der Waals surface area contributed by atoms with E-state index in [9.17, 15) is 0 Å². The van der Waals surface area contributed by atoms with Crippen LogP contribution in [-0.2, 0) is 6.54 Å². The quantitative estimate of drug-likeness (QED) is 0.433. The number of guanidine groups is 1. The van der Waals surface area contributed by atoms with Gasteiger partial charge < -0.3 is 15.4 Å². The number of ether oxygens (including phenoxy) is 1. The lowest BCUT2D eigenvalue weighted by molar-refractivity contribution is 0.322. The lowest BCUT2D eigenvalue weighted by Gasteiger charge is -2.14. The number of hydrogen-bond acceptors (Lipinski definition) is 3. The van der Waals surface area contributed by atoms with Gasteiger partial charge in [0.1, 0.15) is 6.61 Å². The maximum Gasteiger partial charge on any atom is 0.191 e. The van der Waals surface area contributed by atoms with E-state index in [1.165, 1.54) is 0 Å². The molecule has 0 aliphatic carbocycles. The third kappa shape index (κ3) is 5.78. The minimum atomic E-state index is 0.376. The molecular formula is C15H18Cl3N5O. The lowest BCUT2D eigenvalue weighted by Crippen LogP contribution is -2.40. The number of benzene rings is 1. The zero-order valence-electron chi connectivity index (χ0n) is 13.1. The monoisotopic (exact) mass is 389 g/mol. The predicted molar refractivity (Wildman–Crippen MR) is 98.6 cm³/mol. The van der Waals surface area contributed by atoms with Crippen molar-refractivity contribution in [2.75, 3.05) is 26.7 Å². The SMILES string of the molecule is CN=C(NCCOc1c(Cl)cc(Cl)cc1Cl)NCCn1cccn1. The van der Waals surface area contributed by atoms with E-state index in [0.717, 1.165) is 6.54 Å². The Hall–Kier alpha value is -1.63. The van der Waals surface area contributed by atoms with Gasteiger partial charge in [-0.15, -0.1) is 0 Å². The largest absolute Gasteiger partial charge is 0.489 e. The number of halogens is 3. The third-order valence-electron chi connectivity index (χ3n) is 3.02. The number of hydrogen-bond donors (Lipinski definition) is 2. The van der Waals surface area contributed by atoms with E-state index in [1.54, 1.807) is 25.4 Å². The molecule has 0 amide bonds. The summed E-state index contributed by atoms with van der Waals surface area (Å²) in [5.74, 6) is 1.10. The maximum absolute atomic E-state index is 6.06. The highest BCUT2D eigenvalue weighted by Crippen LogP contribution is 2.35. The van der Waals surface area contributed by atoms with Crippen molar-refractivity contribution >= 4 is 40.8 Å². The van der Waals surface area contributed by atoms with E-state index in [2.05, 4.69) is 20.7 Å². The van der Waals surface area contributed by atoms with E-state index in [-0.39, 0.29) is 0 Å². The van der Waals surface area contributed by atoms with Crippen LogP contribution in [0.3, 0.4) is 0 Å². The summed E-state index contributed by atoms with van der Waals surface area (Å²) in [7, 11) is 1.71. The highest BCUT2D eigenvalue weighted by atomic mass is 35.5. The molecule has 24 heavy (non-hydrogen) atoms. The van der Waals surface area contributed by atoms with Crippen LogP contribution in [0.1, 0.15) is 0 Å². The summed E-state index contributed by atoms with van der Waals surface area (Å²) >= 11 is 18.0. The Balaban J connectivity index is 1.70.